The van der Waals surface area contributed by atoms with Crippen molar-refractivity contribution in [3.63, 3.8) is 0 Å². The molecule has 0 radical (unpaired) electrons. The van der Waals surface area contributed by atoms with Gasteiger partial charge in [0.1, 0.15) is 11.1 Å². The Morgan fingerprint density at radius 2 is 1.94 bits per heavy atom. The lowest BCUT2D eigenvalue weighted by Gasteiger charge is -2.44. The monoisotopic (exact) mass is 473 g/mol. The molecule has 0 unspecified atom stereocenters. The molecule has 7 atom stereocenters. The minimum absolute atomic E-state index is 0.374. The number of nitrogens with zero attached hydrogens (tertiary/aromatic N) is 1. The van der Waals surface area contributed by atoms with Crippen LogP contribution in [0.3, 0.4) is 0 Å². The summed E-state index contributed by atoms with van der Waals surface area (Å²) >= 11 is 1.57. The molecule has 3 fully saturated rings. The van der Waals surface area contributed by atoms with Crippen LogP contribution in [0, 0.1) is 30.1 Å². The highest BCUT2D eigenvalue weighted by molar-refractivity contribution is 7.09. The molecule has 5 heteroatoms. The van der Waals surface area contributed by atoms with E-state index in [1.807, 2.05) is 12.3 Å². The largest absolute Gasteiger partial charge is 0.393 e. The van der Waals surface area contributed by atoms with E-state index in [-0.39, 0.29) is 0 Å². The van der Waals surface area contributed by atoms with E-state index in [9.17, 15) is 15.3 Å². The summed E-state index contributed by atoms with van der Waals surface area (Å²) < 4.78 is 0. The lowest BCUT2D eigenvalue weighted by Crippen LogP contribution is -2.36. The van der Waals surface area contributed by atoms with Gasteiger partial charge in [0, 0.05) is 11.1 Å². The molecule has 0 bridgehead atoms. The molecular weight excluding hydrogens is 430 g/mol. The molecule has 0 aliphatic heterocycles. The maximum absolute atomic E-state index is 10.5. The van der Waals surface area contributed by atoms with Crippen LogP contribution < -0.4 is 0 Å². The minimum atomic E-state index is -0.420. The molecule has 0 amide bonds. The number of aliphatic hydroxyl groups is 3. The average molecular weight is 474 g/mol. The third-order valence-electron chi connectivity index (χ3n) is 8.86. The van der Waals surface area contributed by atoms with E-state index in [4.69, 9.17) is 0 Å². The normalized spacial score (nSPS) is 35.5. The van der Waals surface area contributed by atoms with Crippen molar-refractivity contribution in [1.29, 1.82) is 0 Å². The standard InChI is InChI=1S/C28H43NO3S/c1-18(6-4-8-26(32)27-29-19(2)17-33-27)24-11-12-25-21(7-5-13-28(24,25)3)10-9-20-14-22(30)16-23(31)15-20/h9-10,17-18,22-26,30-32H,4-8,11-16H2,1-3H3/b21-10+/t18-,22+,23+,24+,25-,26-,28+/m0/s1. The molecule has 1 aromatic heterocycles. The fraction of sp³-hybridized carbons (Fsp3) is 0.750. The van der Waals surface area contributed by atoms with Gasteiger partial charge in [-0.15, -0.1) is 11.3 Å². The molecule has 1 heterocycles. The van der Waals surface area contributed by atoms with Crippen molar-refractivity contribution in [3.05, 3.63) is 39.4 Å². The second kappa shape index (κ2) is 10.7. The Hall–Kier alpha value is -1.01. The topological polar surface area (TPSA) is 73.6 Å². The number of hydrogen-bond donors (Lipinski definition) is 3. The second-order valence-electron chi connectivity index (χ2n) is 11.4. The lowest BCUT2D eigenvalue weighted by molar-refractivity contribution is 0.0609. The maximum Gasteiger partial charge on any atom is 0.121 e. The van der Waals surface area contributed by atoms with Gasteiger partial charge in [-0.25, -0.2) is 4.98 Å². The minimum Gasteiger partial charge on any atom is -0.393 e. The van der Waals surface area contributed by atoms with E-state index in [2.05, 4.69) is 31.0 Å². The summed E-state index contributed by atoms with van der Waals surface area (Å²) in [6.45, 7) is 6.95. The summed E-state index contributed by atoms with van der Waals surface area (Å²) in [5, 5.41) is 33.4. The predicted molar refractivity (Wildman–Crippen MR) is 135 cm³/mol. The molecule has 0 saturated heterocycles. The van der Waals surface area contributed by atoms with Crippen molar-refractivity contribution >= 4 is 11.3 Å². The fourth-order valence-electron chi connectivity index (χ4n) is 7.23. The Bertz CT molecular complexity index is 849. The first-order valence-corrected chi connectivity index (χ1v) is 14.0. The van der Waals surface area contributed by atoms with Crippen molar-refractivity contribution in [2.45, 2.75) is 110 Å². The third kappa shape index (κ3) is 5.80. The number of aromatic nitrogens is 1. The molecule has 4 rings (SSSR count). The predicted octanol–water partition coefficient (Wildman–Crippen LogP) is 6.27. The lowest BCUT2D eigenvalue weighted by atomic mass is 9.60. The van der Waals surface area contributed by atoms with Crippen LogP contribution in [-0.4, -0.2) is 32.5 Å². The Morgan fingerprint density at radius 1 is 1.18 bits per heavy atom. The summed E-state index contributed by atoms with van der Waals surface area (Å²) in [4.78, 5) is 4.45. The Kier molecular flexibility index (Phi) is 8.15. The van der Waals surface area contributed by atoms with Crippen molar-refractivity contribution in [3.8, 4) is 0 Å². The van der Waals surface area contributed by atoms with Crippen molar-refractivity contribution in [2.75, 3.05) is 0 Å². The van der Waals surface area contributed by atoms with Gasteiger partial charge in [-0.1, -0.05) is 50.0 Å². The quantitative estimate of drug-likeness (QED) is 0.436. The van der Waals surface area contributed by atoms with Crippen LogP contribution in [0.4, 0.5) is 0 Å². The van der Waals surface area contributed by atoms with Gasteiger partial charge in [-0.3, -0.25) is 0 Å². The zero-order valence-corrected chi connectivity index (χ0v) is 21.5. The Labute approximate surface area is 203 Å². The van der Waals surface area contributed by atoms with E-state index in [1.165, 1.54) is 44.1 Å². The SMILES string of the molecule is Cc1csc([C@@H](O)CCC[C@H](C)[C@H]2CC[C@H]3/C(=C/C=C4C[C@@H](O)C[C@H](O)C4)CCC[C@]23C)n1. The van der Waals surface area contributed by atoms with E-state index < -0.39 is 18.3 Å². The molecule has 0 aromatic carbocycles. The number of aliphatic hydroxyl groups excluding tert-OH is 3. The van der Waals surface area contributed by atoms with Crippen LogP contribution >= 0.6 is 11.3 Å². The van der Waals surface area contributed by atoms with E-state index in [0.717, 1.165) is 29.5 Å². The summed E-state index contributed by atoms with van der Waals surface area (Å²) in [6.07, 6.45) is 14.7. The number of thiazole rings is 1. The molecule has 3 saturated carbocycles. The van der Waals surface area contributed by atoms with Crippen LogP contribution in [0.25, 0.3) is 0 Å². The molecule has 3 N–H and O–H groups in total. The van der Waals surface area contributed by atoms with Gasteiger partial charge >= 0.3 is 0 Å². The number of allylic oxidation sites excluding steroid dienone is 3. The molecule has 0 spiro atoms. The van der Waals surface area contributed by atoms with Gasteiger partial charge in [0.15, 0.2) is 0 Å². The van der Waals surface area contributed by atoms with Gasteiger partial charge in [0.05, 0.1) is 12.2 Å². The fourth-order valence-corrected chi connectivity index (χ4v) is 8.04. The Balaban J connectivity index is 1.35. The smallest absolute Gasteiger partial charge is 0.121 e. The van der Waals surface area contributed by atoms with Crippen LogP contribution in [0.2, 0.25) is 0 Å². The van der Waals surface area contributed by atoms with Crippen molar-refractivity contribution < 1.29 is 15.3 Å². The summed E-state index contributed by atoms with van der Waals surface area (Å²) in [7, 11) is 0. The zero-order valence-electron chi connectivity index (χ0n) is 20.7. The van der Waals surface area contributed by atoms with Crippen LogP contribution in [0.1, 0.15) is 101 Å². The van der Waals surface area contributed by atoms with E-state index in [0.29, 0.717) is 36.5 Å². The third-order valence-corrected chi connectivity index (χ3v) is 9.92. The van der Waals surface area contributed by atoms with Gasteiger partial charge in [-0.2, -0.15) is 0 Å². The highest BCUT2D eigenvalue weighted by Crippen LogP contribution is 2.60. The molecular formula is C28H43NO3S. The van der Waals surface area contributed by atoms with Gasteiger partial charge in [0.25, 0.3) is 0 Å². The number of rotatable bonds is 7. The molecule has 3 aliphatic rings. The second-order valence-corrected chi connectivity index (χ2v) is 12.3. The average Bonchev–Trinajstić information content (AvgIpc) is 3.34. The zero-order chi connectivity index (χ0) is 23.6. The highest BCUT2D eigenvalue weighted by Gasteiger charge is 2.50. The van der Waals surface area contributed by atoms with Crippen LogP contribution in [0.5, 0.6) is 0 Å². The molecule has 4 nitrogen and oxygen atoms in total. The highest BCUT2D eigenvalue weighted by atomic mass is 32.1. The van der Waals surface area contributed by atoms with E-state index >= 15 is 0 Å². The molecule has 184 valence electrons. The first-order chi connectivity index (χ1) is 15.8. The van der Waals surface area contributed by atoms with Crippen LogP contribution in [-0.2, 0) is 0 Å². The summed E-state index contributed by atoms with van der Waals surface area (Å²) in [5.74, 6) is 2.08. The molecule has 1 aromatic rings. The Morgan fingerprint density at radius 3 is 2.64 bits per heavy atom. The van der Waals surface area contributed by atoms with Gasteiger partial charge < -0.3 is 15.3 Å². The number of hydrogen-bond acceptors (Lipinski definition) is 5. The first-order valence-electron chi connectivity index (χ1n) is 13.1. The van der Waals surface area contributed by atoms with Gasteiger partial charge in [-0.05, 0) is 87.9 Å². The summed E-state index contributed by atoms with van der Waals surface area (Å²) in [6, 6.07) is 0. The number of aryl methyl sites for hydroxylation is 1. The van der Waals surface area contributed by atoms with Crippen LogP contribution in [0.15, 0.2) is 28.7 Å². The molecule has 3 aliphatic carbocycles. The first kappa shape index (κ1) is 25.1. The van der Waals surface area contributed by atoms with Crippen molar-refractivity contribution in [2.24, 2.45) is 23.2 Å². The molecule has 33 heavy (non-hydrogen) atoms. The van der Waals surface area contributed by atoms with Gasteiger partial charge in [0.2, 0.25) is 0 Å². The number of fused-ring (bicyclic) bond motifs is 1. The maximum atomic E-state index is 10.5. The van der Waals surface area contributed by atoms with E-state index in [1.54, 1.807) is 16.9 Å². The summed E-state index contributed by atoms with van der Waals surface area (Å²) in [5.41, 5.74) is 4.16. The van der Waals surface area contributed by atoms with Crippen molar-refractivity contribution in [1.82, 2.24) is 4.98 Å².